The first kappa shape index (κ1) is 15.2. The standard InChI is InChI=1S/C13H17ClO3S/c1-3-13(4-2,12(16)17)8-9(15)7-10-5-6-11(14)18-10/h5-6H,3-4,7-8H2,1-2H3,(H,16,17). The molecule has 5 heteroatoms. The van der Waals surface area contributed by atoms with Crippen LogP contribution in [0.3, 0.4) is 0 Å². The highest BCUT2D eigenvalue weighted by atomic mass is 35.5. The number of Topliss-reactive ketones (excluding diaryl/α,β-unsaturated/α-hetero) is 1. The van der Waals surface area contributed by atoms with Crippen LogP contribution in [0.5, 0.6) is 0 Å². The maximum absolute atomic E-state index is 12.0. The zero-order valence-electron chi connectivity index (χ0n) is 10.5. The van der Waals surface area contributed by atoms with Crippen LogP contribution in [0.25, 0.3) is 0 Å². The van der Waals surface area contributed by atoms with Crippen LogP contribution < -0.4 is 0 Å². The lowest BCUT2D eigenvalue weighted by Gasteiger charge is -2.25. The highest BCUT2D eigenvalue weighted by molar-refractivity contribution is 7.16. The van der Waals surface area contributed by atoms with E-state index in [1.54, 1.807) is 6.07 Å². The SMILES string of the molecule is CCC(CC)(CC(=O)Cc1ccc(Cl)s1)C(=O)O. The number of thiophene rings is 1. The summed E-state index contributed by atoms with van der Waals surface area (Å²) >= 11 is 7.16. The van der Waals surface area contributed by atoms with Gasteiger partial charge in [-0.05, 0) is 25.0 Å². The van der Waals surface area contributed by atoms with Crippen molar-refractivity contribution in [1.82, 2.24) is 0 Å². The van der Waals surface area contributed by atoms with Gasteiger partial charge in [-0.1, -0.05) is 25.4 Å². The molecule has 0 amide bonds. The van der Waals surface area contributed by atoms with Crippen LogP contribution in [-0.4, -0.2) is 16.9 Å². The van der Waals surface area contributed by atoms with Crippen molar-refractivity contribution in [3.05, 3.63) is 21.3 Å². The zero-order valence-corrected chi connectivity index (χ0v) is 12.1. The first-order chi connectivity index (χ1) is 8.43. The number of carboxylic acids is 1. The van der Waals surface area contributed by atoms with Gasteiger partial charge in [-0.3, -0.25) is 9.59 Å². The van der Waals surface area contributed by atoms with Gasteiger partial charge in [0.25, 0.3) is 0 Å². The molecule has 0 atom stereocenters. The third kappa shape index (κ3) is 3.56. The Morgan fingerprint density at radius 1 is 1.33 bits per heavy atom. The average molecular weight is 289 g/mol. The summed E-state index contributed by atoms with van der Waals surface area (Å²) in [6.45, 7) is 3.62. The molecule has 0 aliphatic carbocycles. The van der Waals surface area contributed by atoms with Gasteiger partial charge in [-0.15, -0.1) is 11.3 Å². The molecule has 1 heterocycles. The van der Waals surface area contributed by atoms with Gasteiger partial charge in [0.1, 0.15) is 5.78 Å². The van der Waals surface area contributed by atoms with E-state index in [0.29, 0.717) is 17.2 Å². The van der Waals surface area contributed by atoms with Crippen molar-refractivity contribution in [1.29, 1.82) is 0 Å². The molecule has 0 radical (unpaired) electrons. The molecule has 0 aliphatic rings. The van der Waals surface area contributed by atoms with Crippen LogP contribution in [0.1, 0.15) is 38.0 Å². The minimum Gasteiger partial charge on any atom is -0.481 e. The maximum atomic E-state index is 12.0. The molecular formula is C13H17ClO3S. The predicted molar refractivity (Wildman–Crippen MR) is 73.3 cm³/mol. The summed E-state index contributed by atoms with van der Waals surface area (Å²) in [4.78, 5) is 24.2. The van der Waals surface area contributed by atoms with Crippen LogP contribution in [0.4, 0.5) is 0 Å². The molecule has 1 aromatic heterocycles. The number of carboxylic acid groups (broad SMARTS) is 1. The molecule has 1 aromatic rings. The van der Waals surface area contributed by atoms with Crippen LogP contribution in [0.2, 0.25) is 4.34 Å². The Balaban J connectivity index is 2.70. The summed E-state index contributed by atoms with van der Waals surface area (Å²) < 4.78 is 0.647. The monoisotopic (exact) mass is 288 g/mol. The van der Waals surface area contributed by atoms with E-state index >= 15 is 0 Å². The Morgan fingerprint density at radius 3 is 2.33 bits per heavy atom. The van der Waals surface area contributed by atoms with Crippen LogP contribution in [0.15, 0.2) is 12.1 Å². The molecule has 1 N–H and O–H groups in total. The molecule has 100 valence electrons. The van der Waals surface area contributed by atoms with Crippen molar-refractivity contribution >= 4 is 34.7 Å². The molecule has 3 nitrogen and oxygen atoms in total. The minimum atomic E-state index is -0.919. The number of carbonyl (C=O) groups excluding carboxylic acids is 1. The molecule has 0 saturated carbocycles. The third-order valence-electron chi connectivity index (χ3n) is 3.34. The maximum Gasteiger partial charge on any atom is 0.310 e. The molecule has 0 bridgehead atoms. The van der Waals surface area contributed by atoms with E-state index in [9.17, 15) is 14.7 Å². The van der Waals surface area contributed by atoms with Gasteiger partial charge in [0.2, 0.25) is 0 Å². The van der Waals surface area contributed by atoms with Crippen molar-refractivity contribution < 1.29 is 14.7 Å². The summed E-state index contributed by atoms with van der Waals surface area (Å²) in [5.41, 5.74) is -0.919. The summed E-state index contributed by atoms with van der Waals surface area (Å²) in [6.07, 6.45) is 1.29. The van der Waals surface area contributed by atoms with Gasteiger partial charge in [0.15, 0.2) is 0 Å². The topological polar surface area (TPSA) is 54.4 Å². The molecule has 18 heavy (non-hydrogen) atoms. The second-order valence-electron chi connectivity index (χ2n) is 4.39. The normalized spacial score (nSPS) is 11.5. The first-order valence-electron chi connectivity index (χ1n) is 5.93. The fraction of sp³-hybridized carbons (Fsp3) is 0.538. The lowest BCUT2D eigenvalue weighted by molar-refractivity contribution is -0.152. The van der Waals surface area contributed by atoms with E-state index in [0.717, 1.165) is 4.88 Å². The Hall–Kier alpha value is -0.870. The fourth-order valence-electron chi connectivity index (χ4n) is 1.96. The Morgan fingerprint density at radius 2 is 1.94 bits per heavy atom. The van der Waals surface area contributed by atoms with Crippen molar-refractivity contribution in [2.45, 2.75) is 39.5 Å². The third-order valence-corrected chi connectivity index (χ3v) is 4.57. The smallest absolute Gasteiger partial charge is 0.310 e. The molecule has 0 fully saturated rings. The second-order valence-corrected chi connectivity index (χ2v) is 6.19. The number of rotatable bonds is 7. The zero-order chi connectivity index (χ0) is 13.8. The quantitative estimate of drug-likeness (QED) is 0.830. The van der Waals surface area contributed by atoms with E-state index in [2.05, 4.69) is 0 Å². The number of aliphatic carboxylic acids is 1. The molecule has 0 aliphatic heterocycles. The van der Waals surface area contributed by atoms with Gasteiger partial charge >= 0.3 is 5.97 Å². The Bertz CT molecular complexity index is 435. The molecule has 1 rings (SSSR count). The van der Waals surface area contributed by atoms with Gasteiger partial charge in [-0.2, -0.15) is 0 Å². The Labute approximate surface area is 116 Å². The lowest BCUT2D eigenvalue weighted by atomic mass is 9.77. The van der Waals surface area contributed by atoms with Crippen molar-refractivity contribution in [2.75, 3.05) is 0 Å². The van der Waals surface area contributed by atoms with E-state index in [1.807, 2.05) is 19.9 Å². The molecule has 0 spiro atoms. The van der Waals surface area contributed by atoms with E-state index < -0.39 is 11.4 Å². The van der Waals surface area contributed by atoms with Gasteiger partial charge in [-0.25, -0.2) is 0 Å². The predicted octanol–water partition coefficient (Wildman–Crippen LogP) is 3.79. The van der Waals surface area contributed by atoms with Crippen molar-refractivity contribution in [2.24, 2.45) is 5.41 Å². The van der Waals surface area contributed by atoms with Crippen LogP contribution in [-0.2, 0) is 16.0 Å². The van der Waals surface area contributed by atoms with Gasteiger partial charge in [0, 0.05) is 17.7 Å². The molecule has 0 unspecified atom stereocenters. The van der Waals surface area contributed by atoms with E-state index in [-0.39, 0.29) is 18.6 Å². The van der Waals surface area contributed by atoms with E-state index in [4.69, 9.17) is 11.6 Å². The van der Waals surface area contributed by atoms with Crippen LogP contribution >= 0.6 is 22.9 Å². The van der Waals surface area contributed by atoms with Gasteiger partial charge < -0.3 is 5.11 Å². The first-order valence-corrected chi connectivity index (χ1v) is 7.12. The number of hydrogen-bond acceptors (Lipinski definition) is 3. The number of carbonyl (C=O) groups is 2. The number of ketones is 1. The highest BCUT2D eigenvalue weighted by Crippen LogP contribution is 2.32. The summed E-state index contributed by atoms with van der Waals surface area (Å²) in [6, 6.07) is 3.56. The lowest BCUT2D eigenvalue weighted by Crippen LogP contribution is -2.32. The Kier molecular flexibility index (Phi) is 5.35. The summed E-state index contributed by atoms with van der Waals surface area (Å²) in [5, 5.41) is 9.27. The second kappa shape index (κ2) is 6.34. The highest BCUT2D eigenvalue weighted by Gasteiger charge is 2.36. The van der Waals surface area contributed by atoms with Gasteiger partial charge in [0.05, 0.1) is 9.75 Å². The van der Waals surface area contributed by atoms with Crippen molar-refractivity contribution in [3.63, 3.8) is 0 Å². The van der Waals surface area contributed by atoms with Crippen molar-refractivity contribution in [3.8, 4) is 0 Å². The largest absolute Gasteiger partial charge is 0.481 e. The van der Waals surface area contributed by atoms with Crippen LogP contribution in [0, 0.1) is 5.41 Å². The average Bonchev–Trinajstić information content (AvgIpc) is 2.71. The van der Waals surface area contributed by atoms with E-state index in [1.165, 1.54) is 11.3 Å². The minimum absolute atomic E-state index is 0.0420. The molecule has 0 aromatic carbocycles. The molecular weight excluding hydrogens is 272 g/mol. The summed E-state index contributed by atoms with van der Waals surface area (Å²) in [5.74, 6) is -0.926. The summed E-state index contributed by atoms with van der Waals surface area (Å²) in [7, 11) is 0. The number of hydrogen-bond donors (Lipinski definition) is 1. The number of halogens is 1. The molecule has 0 saturated heterocycles. The fourth-order valence-corrected chi connectivity index (χ4v) is 3.08.